The maximum absolute atomic E-state index is 12.6. The Kier molecular flexibility index (Phi) is 5.54. The fraction of sp³-hybridized carbons (Fsp3) is 0.280. The number of hydrogen-bond acceptors (Lipinski definition) is 4. The normalized spacial score (nSPS) is 18.5. The van der Waals surface area contributed by atoms with Crippen molar-refractivity contribution in [3.63, 3.8) is 0 Å². The lowest BCUT2D eigenvalue weighted by Crippen LogP contribution is -2.40. The van der Waals surface area contributed by atoms with E-state index in [4.69, 9.17) is 0 Å². The molecule has 0 unspecified atom stereocenters. The molecule has 2 N–H and O–H groups in total. The zero-order chi connectivity index (χ0) is 21.9. The number of nitrogens with zero attached hydrogens (tertiary/aromatic N) is 3. The molecule has 0 aliphatic heterocycles. The van der Waals surface area contributed by atoms with Crippen molar-refractivity contribution in [1.29, 1.82) is 0 Å². The molecule has 4 aromatic rings. The van der Waals surface area contributed by atoms with Crippen molar-refractivity contribution in [1.82, 2.24) is 25.1 Å². The maximum Gasteiger partial charge on any atom is 0.267 e. The summed E-state index contributed by atoms with van der Waals surface area (Å²) in [7, 11) is 0. The second-order valence-corrected chi connectivity index (χ2v) is 8.35. The van der Waals surface area contributed by atoms with Crippen LogP contribution in [-0.4, -0.2) is 31.7 Å². The van der Waals surface area contributed by atoms with Gasteiger partial charge >= 0.3 is 0 Å². The van der Waals surface area contributed by atoms with Crippen molar-refractivity contribution >= 4 is 16.8 Å². The summed E-state index contributed by atoms with van der Waals surface area (Å²) in [5.41, 5.74) is 3.67. The summed E-state index contributed by atoms with van der Waals surface area (Å²) in [6.07, 6.45) is 8.99. The molecule has 1 saturated carbocycles. The number of hydrogen-bond donors (Lipinski definition) is 2. The monoisotopic (exact) mass is 427 g/mol. The molecule has 0 bridgehead atoms. The fourth-order valence-corrected chi connectivity index (χ4v) is 4.56. The number of amides is 1. The third-order valence-electron chi connectivity index (χ3n) is 6.23. The van der Waals surface area contributed by atoms with Crippen molar-refractivity contribution in [3.05, 3.63) is 83.0 Å². The quantitative estimate of drug-likeness (QED) is 0.509. The van der Waals surface area contributed by atoms with Crippen LogP contribution in [0.5, 0.6) is 0 Å². The third kappa shape index (κ3) is 4.19. The highest BCUT2D eigenvalue weighted by Gasteiger charge is 2.25. The molecular weight excluding hydrogens is 402 g/mol. The van der Waals surface area contributed by atoms with Gasteiger partial charge in [-0.25, -0.2) is 4.68 Å². The number of H-pyrrole nitrogens is 1. The molecule has 1 amide bonds. The molecule has 0 spiro atoms. The summed E-state index contributed by atoms with van der Waals surface area (Å²) >= 11 is 0. The molecule has 0 saturated heterocycles. The summed E-state index contributed by atoms with van der Waals surface area (Å²) < 4.78 is 1.61. The van der Waals surface area contributed by atoms with E-state index in [1.807, 2.05) is 42.6 Å². The van der Waals surface area contributed by atoms with Gasteiger partial charge in [-0.2, -0.15) is 5.10 Å². The van der Waals surface area contributed by atoms with E-state index in [9.17, 15) is 9.59 Å². The Bertz CT molecular complexity index is 1290. The van der Waals surface area contributed by atoms with Crippen LogP contribution in [0.3, 0.4) is 0 Å². The first-order valence-corrected chi connectivity index (χ1v) is 11.0. The van der Waals surface area contributed by atoms with Crippen molar-refractivity contribution in [2.45, 2.75) is 44.2 Å². The predicted molar refractivity (Wildman–Crippen MR) is 123 cm³/mol. The highest BCUT2D eigenvalue weighted by atomic mass is 16.1. The average molecular weight is 428 g/mol. The molecule has 3 heterocycles. The molecule has 1 aliphatic rings. The van der Waals surface area contributed by atoms with Crippen LogP contribution in [0, 0.1) is 0 Å². The molecule has 0 radical (unpaired) electrons. The minimum absolute atomic E-state index is 0.0354. The van der Waals surface area contributed by atoms with Gasteiger partial charge in [0.15, 0.2) is 0 Å². The number of carbonyl (C=O) groups is 1. The number of aromatic amines is 1. The first-order chi connectivity index (χ1) is 15.7. The molecule has 1 aliphatic carbocycles. The lowest BCUT2D eigenvalue weighted by Gasteiger charge is -2.29. The minimum atomic E-state index is -0.0883. The lowest BCUT2D eigenvalue weighted by atomic mass is 9.91. The van der Waals surface area contributed by atoms with Gasteiger partial charge in [0, 0.05) is 47.2 Å². The Balaban J connectivity index is 1.21. The van der Waals surface area contributed by atoms with E-state index in [2.05, 4.69) is 20.4 Å². The largest absolute Gasteiger partial charge is 0.361 e. The second-order valence-electron chi connectivity index (χ2n) is 8.35. The van der Waals surface area contributed by atoms with Crippen LogP contribution in [0.15, 0.2) is 71.9 Å². The highest BCUT2D eigenvalue weighted by molar-refractivity contribution is 5.88. The summed E-state index contributed by atoms with van der Waals surface area (Å²) in [5, 5.41) is 8.88. The highest BCUT2D eigenvalue weighted by Crippen LogP contribution is 2.28. The maximum atomic E-state index is 12.6. The van der Waals surface area contributed by atoms with Crippen LogP contribution >= 0.6 is 0 Å². The van der Waals surface area contributed by atoms with E-state index >= 15 is 0 Å². The molecule has 162 valence electrons. The Morgan fingerprint density at radius 3 is 2.62 bits per heavy atom. The van der Waals surface area contributed by atoms with Crippen LogP contribution in [0.2, 0.25) is 0 Å². The van der Waals surface area contributed by atoms with Crippen LogP contribution < -0.4 is 10.9 Å². The van der Waals surface area contributed by atoms with Crippen LogP contribution in [0.25, 0.3) is 22.2 Å². The zero-order valence-corrected chi connectivity index (χ0v) is 17.7. The third-order valence-corrected chi connectivity index (χ3v) is 6.23. The van der Waals surface area contributed by atoms with Gasteiger partial charge in [-0.05, 0) is 55.5 Å². The van der Waals surface area contributed by atoms with Crippen LogP contribution in [-0.2, 0) is 11.2 Å². The molecule has 1 fully saturated rings. The number of benzene rings is 1. The fourth-order valence-electron chi connectivity index (χ4n) is 4.56. The van der Waals surface area contributed by atoms with Gasteiger partial charge in [0.2, 0.25) is 5.91 Å². The van der Waals surface area contributed by atoms with E-state index in [1.165, 1.54) is 0 Å². The number of fused-ring (bicyclic) bond motifs is 1. The zero-order valence-electron chi connectivity index (χ0n) is 17.7. The average Bonchev–Trinajstić information content (AvgIpc) is 3.23. The second kappa shape index (κ2) is 8.78. The molecule has 1 aromatic carbocycles. The van der Waals surface area contributed by atoms with E-state index in [0.29, 0.717) is 6.42 Å². The van der Waals surface area contributed by atoms with E-state index in [0.717, 1.165) is 53.4 Å². The number of rotatable bonds is 5. The van der Waals surface area contributed by atoms with Gasteiger partial charge in [0.1, 0.15) is 0 Å². The summed E-state index contributed by atoms with van der Waals surface area (Å²) in [6, 6.07) is 15.3. The Labute approximate surface area is 185 Å². The lowest BCUT2D eigenvalue weighted by molar-refractivity contribution is -0.121. The van der Waals surface area contributed by atoms with Crippen molar-refractivity contribution in [2.75, 3.05) is 0 Å². The van der Waals surface area contributed by atoms with Crippen molar-refractivity contribution in [2.24, 2.45) is 0 Å². The molecule has 32 heavy (non-hydrogen) atoms. The minimum Gasteiger partial charge on any atom is -0.361 e. The van der Waals surface area contributed by atoms with Crippen molar-refractivity contribution in [3.8, 4) is 11.3 Å². The van der Waals surface area contributed by atoms with Crippen LogP contribution in [0.4, 0.5) is 0 Å². The number of aromatic nitrogens is 4. The first kappa shape index (κ1) is 20.2. The number of nitrogens with one attached hydrogen (secondary N) is 2. The molecule has 7 heteroatoms. The summed E-state index contributed by atoms with van der Waals surface area (Å²) in [4.78, 5) is 32.4. The molecule has 5 rings (SSSR count). The first-order valence-electron chi connectivity index (χ1n) is 11.0. The van der Waals surface area contributed by atoms with Gasteiger partial charge in [-0.1, -0.05) is 18.2 Å². The molecule has 7 nitrogen and oxygen atoms in total. The topological polar surface area (TPSA) is 92.7 Å². The predicted octanol–water partition coefficient (Wildman–Crippen LogP) is 3.63. The molecular formula is C25H25N5O2. The Morgan fingerprint density at radius 1 is 1.03 bits per heavy atom. The SMILES string of the molecule is O=C(Cc1c[nH]c2ccccc12)NC1CCC(n2nc(-c3ccncc3)ccc2=O)CC1. The van der Waals surface area contributed by atoms with Gasteiger partial charge in [-0.15, -0.1) is 0 Å². The van der Waals surface area contributed by atoms with Gasteiger partial charge in [-0.3, -0.25) is 14.6 Å². The van der Waals surface area contributed by atoms with Gasteiger partial charge in [0.05, 0.1) is 18.2 Å². The summed E-state index contributed by atoms with van der Waals surface area (Å²) in [6.45, 7) is 0. The van der Waals surface area contributed by atoms with Crippen molar-refractivity contribution < 1.29 is 4.79 Å². The van der Waals surface area contributed by atoms with Gasteiger partial charge in [0.25, 0.3) is 5.56 Å². The summed E-state index contributed by atoms with van der Waals surface area (Å²) in [5.74, 6) is 0.0354. The Morgan fingerprint density at radius 2 is 1.81 bits per heavy atom. The number of para-hydroxylation sites is 1. The van der Waals surface area contributed by atoms with Crippen LogP contribution in [0.1, 0.15) is 37.3 Å². The number of carbonyl (C=O) groups excluding carboxylic acids is 1. The number of pyridine rings is 1. The Hall–Kier alpha value is -3.74. The van der Waals surface area contributed by atoms with E-state index < -0.39 is 0 Å². The molecule has 3 aromatic heterocycles. The van der Waals surface area contributed by atoms with Gasteiger partial charge < -0.3 is 10.3 Å². The van der Waals surface area contributed by atoms with E-state index in [-0.39, 0.29) is 23.6 Å². The standard InChI is InChI=1S/C25H25N5O2/c31-24(15-18-16-27-23-4-2-1-3-21(18)23)28-19-5-7-20(8-6-19)30-25(32)10-9-22(29-30)17-11-13-26-14-12-17/h1-4,9-14,16,19-20,27H,5-8,15H2,(H,28,31). The smallest absolute Gasteiger partial charge is 0.267 e. The molecule has 0 atom stereocenters. The van der Waals surface area contributed by atoms with E-state index in [1.54, 1.807) is 29.2 Å².